The van der Waals surface area contributed by atoms with Crippen molar-refractivity contribution in [2.24, 2.45) is 5.73 Å². The lowest BCUT2D eigenvalue weighted by molar-refractivity contribution is 0.277. The minimum absolute atomic E-state index is 0.120. The summed E-state index contributed by atoms with van der Waals surface area (Å²) in [5.74, 6) is 1.47. The van der Waals surface area contributed by atoms with Crippen LogP contribution in [0.25, 0.3) is 0 Å². The van der Waals surface area contributed by atoms with E-state index >= 15 is 0 Å². The van der Waals surface area contributed by atoms with E-state index < -0.39 is 0 Å². The van der Waals surface area contributed by atoms with Gasteiger partial charge in [-0.25, -0.2) is 0 Å². The van der Waals surface area contributed by atoms with Crippen molar-refractivity contribution in [3.8, 4) is 0 Å². The average molecular weight is 236 g/mol. The summed E-state index contributed by atoms with van der Waals surface area (Å²) in [6, 6.07) is 0.148. The predicted octanol–water partition coefficient (Wildman–Crippen LogP) is 1.44. The van der Waals surface area contributed by atoms with Gasteiger partial charge >= 0.3 is 0 Å². The van der Waals surface area contributed by atoms with E-state index in [1.165, 1.54) is 12.8 Å². The summed E-state index contributed by atoms with van der Waals surface area (Å²) in [6.07, 6.45) is 5.70. The van der Waals surface area contributed by atoms with Crippen LogP contribution in [-0.2, 0) is 5.41 Å². The number of rotatable bonds is 2. The summed E-state index contributed by atoms with van der Waals surface area (Å²) in [5.41, 5.74) is 6.05. The minimum Gasteiger partial charge on any atom is -0.338 e. The molecule has 0 spiro atoms. The van der Waals surface area contributed by atoms with Crippen LogP contribution in [0.15, 0.2) is 4.52 Å². The van der Waals surface area contributed by atoms with Crippen LogP contribution >= 0.6 is 0 Å². The Labute approximate surface area is 101 Å². The fraction of sp³-hybridized carbons (Fsp3) is 0.833. The number of aromatic nitrogens is 2. The van der Waals surface area contributed by atoms with Crippen LogP contribution in [0.1, 0.15) is 44.9 Å². The van der Waals surface area contributed by atoms with Crippen LogP contribution in [0.5, 0.6) is 0 Å². The van der Waals surface area contributed by atoms with Gasteiger partial charge in [0, 0.05) is 19.1 Å². The van der Waals surface area contributed by atoms with E-state index in [2.05, 4.69) is 22.0 Å². The Morgan fingerprint density at radius 2 is 2.12 bits per heavy atom. The third-order valence-corrected chi connectivity index (χ3v) is 4.32. The first-order valence-electron chi connectivity index (χ1n) is 6.55. The molecular weight excluding hydrogens is 216 g/mol. The highest BCUT2D eigenvalue weighted by molar-refractivity contribution is 5.30. The van der Waals surface area contributed by atoms with Gasteiger partial charge in [-0.15, -0.1) is 0 Å². The molecule has 2 aliphatic rings. The Kier molecular flexibility index (Phi) is 2.58. The van der Waals surface area contributed by atoms with Gasteiger partial charge in [-0.05, 0) is 37.8 Å². The summed E-state index contributed by atoms with van der Waals surface area (Å²) in [4.78, 5) is 6.76. The summed E-state index contributed by atoms with van der Waals surface area (Å²) < 4.78 is 5.45. The van der Waals surface area contributed by atoms with E-state index in [-0.39, 0.29) is 11.5 Å². The number of nitrogens with two attached hydrogens (primary N) is 1. The molecule has 1 aromatic heterocycles. The molecule has 3 rings (SSSR count). The maximum absolute atomic E-state index is 6.17. The Morgan fingerprint density at radius 3 is 2.76 bits per heavy atom. The Hall–Kier alpha value is -1.10. The minimum atomic E-state index is -0.120. The molecule has 0 bridgehead atoms. The fourth-order valence-corrected chi connectivity index (χ4v) is 2.95. The van der Waals surface area contributed by atoms with E-state index in [0.29, 0.717) is 0 Å². The topological polar surface area (TPSA) is 68.2 Å². The molecule has 1 aromatic rings. The summed E-state index contributed by atoms with van der Waals surface area (Å²) >= 11 is 0. The molecule has 2 fully saturated rings. The van der Waals surface area contributed by atoms with Gasteiger partial charge in [0.05, 0.1) is 5.41 Å². The molecule has 2 unspecified atom stereocenters. The van der Waals surface area contributed by atoms with Crippen LogP contribution in [0.2, 0.25) is 0 Å². The molecule has 5 heteroatoms. The highest BCUT2D eigenvalue weighted by atomic mass is 16.5. The molecule has 2 N–H and O–H groups in total. The standard InChI is InChI=1S/C12H20N4O/c1-12(6-4-5-9(12)13)10-14-11(15-17-10)16-7-2-3-8-16/h9H,2-8,13H2,1H3. The van der Waals surface area contributed by atoms with Gasteiger partial charge < -0.3 is 15.2 Å². The van der Waals surface area contributed by atoms with E-state index in [4.69, 9.17) is 10.3 Å². The van der Waals surface area contributed by atoms with Crippen molar-refractivity contribution in [1.82, 2.24) is 10.1 Å². The van der Waals surface area contributed by atoms with E-state index in [9.17, 15) is 0 Å². The average Bonchev–Trinajstić information content (AvgIpc) is 3.01. The van der Waals surface area contributed by atoms with Gasteiger partial charge in [0.15, 0.2) is 0 Å². The zero-order chi connectivity index (χ0) is 11.9. The molecule has 17 heavy (non-hydrogen) atoms. The molecule has 1 saturated heterocycles. The van der Waals surface area contributed by atoms with Crippen molar-refractivity contribution >= 4 is 5.95 Å². The molecule has 1 aliphatic carbocycles. The highest BCUT2D eigenvalue weighted by Crippen LogP contribution is 2.39. The van der Waals surface area contributed by atoms with E-state index in [0.717, 1.165) is 44.2 Å². The molecular formula is C12H20N4O. The lowest BCUT2D eigenvalue weighted by atomic mass is 9.85. The van der Waals surface area contributed by atoms with Crippen LogP contribution in [0.4, 0.5) is 5.95 Å². The Bertz CT molecular complexity index is 399. The van der Waals surface area contributed by atoms with Gasteiger partial charge in [0.2, 0.25) is 5.89 Å². The first-order valence-corrected chi connectivity index (χ1v) is 6.55. The molecule has 2 atom stereocenters. The fourth-order valence-electron chi connectivity index (χ4n) is 2.95. The van der Waals surface area contributed by atoms with Gasteiger partial charge in [-0.2, -0.15) is 4.98 Å². The number of anilines is 1. The first kappa shape index (κ1) is 11.0. The zero-order valence-corrected chi connectivity index (χ0v) is 10.4. The lowest BCUT2D eigenvalue weighted by Crippen LogP contribution is -2.38. The second-order valence-corrected chi connectivity index (χ2v) is 5.51. The summed E-state index contributed by atoms with van der Waals surface area (Å²) in [6.45, 7) is 4.23. The summed E-state index contributed by atoms with van der Waals surface area (Å²) in [7, 11) is 0. The molecule has 2 heterocycles. The quantitative estimate of drug-likeness (QED) is 0.841. The van der Waals surface area contributed by atoms with Crippen LogP contribution in [0, 0.1) is 0 Å². The van der Waals surface area contributed by atoms with Crippen molar-refractivity contribution in [3.63, 3.8) is 0 Å². The molecule has 5 nitrogen and oxygen atoms in total. The first-order chi connectivity index (χ1) is 8.20. The molecule has 0 amide bonds. The van der Waals surface area contributed by atoms with Gasteiger partial charge in [-0.1, -0.05) is 6.42 Å². The second kappa shape index (κ2) is 3.98. The zero-order valence-electron chi connectivity index (χ0n) is 10.4. The Morgan fingerprint density at radius 1 is 1.35 bits per heavy atom. The number of hydrogen-bond donors (Lipinski definition) is 1. The van der Waals surface area contributed by atoms with Crippen LogP contribution < -0.4 is 10.6 Å². The third-order valence-electron chi connectivity index (χ3n) is 4.32. The van der Waals surface area contributed by atoms with Crippen molar-refractivity contribution in [1.29, 1.82) is 0 Å². The lowest BCUT2D eigenvalue weighted by Gasteiger charge is -2.23. The van der Waals surface area contributed by atoms with Crippen molar-refractivity contribution in [2.75, 3.05) is 18.0 Å². The molecule has 0 radical (unpaired) electrons. The molecule has 94 valence electrons. The maximum atomic E-state index is 6.17. The molecule has 0 aromatic carbocycles. The Balaban J connectivity index is 1.84. The van der Waals surface area contributed by atoms with Crippen LogP contribution in [-0.4, -0.2) is 29.3 Å². The van der Waals surface area contributed by atoms with E-state index in [1.807, 2.05) is 0 Å². The maximum Gasteiger partial charge on any atom is 0.266 e. The monoisotopic (exact) mass is 236 g/mol. The van der Waals surface area contributed by atoms with Crippen molar-refractivity contribution in [3.05, 3.63) is 5.89 Å². The predicted molar refractivity (Wildman–Crippen MR) is 64.9 cm³/mol. The largest absolute Gasteiger partial charge is 0.338 e. The SMILES string of the molecule is CC1(c2nc(N3CCCC3)no2)CCCC1N. The normalized spacial score (nSPS) is 33.5. The molecule has 1 saturated carbocycles. The molecule has 1 aliphatic heterocycles. The third kappa shape index (κ3) is 1.73. The smallest absolute Gasteiger partial charge is 0.266 e. The highest BCUT2D eigenvalue weighted by Gasteiger charge is 2.43. The number of hydrogen-bond acceptors (Lipinski definition) is 5. The van der Waals surface area contributed by atoms with Crippen LogP contribution in [0.3, 0.4) is 0 Å². The van der Waals surface area contributed by atoms with Gasteiger partial charge in [0.1, 0.15) is 0 Å². The van der Waals surface area contributed by atoms with Crippen molar-refractivity contribution < 1.29 is 4.52 Å². The summed E-state index contributed by atoms with van der Waals surface area (Å²) in [5, 5.41) is 4.11. The second-order valence-electron chi connectivity index (χ2n) is 5.51. The number of nitrogens with zero attached hydrogens (tertiary/aromatic N) is 3. The van der Waals surface area contributed by atoms with Crippen molar-refractivity contribution in [2.45, 2.75) is 50.5 Å². The van der Waals surface area contributed by atoms with Gasteiger partial charge in [0.25, 0.3) is 5.95 Å². The van der Waals surface area contributed by atoms with E-state index in [1.54, 1.807) is 0 Å². The van der Waals surface area contributed by atoms with Gasteiger partial charge in [-0.3, -0.25) is 0 Å².